The van der Waals surface area contributed by atoms with E-state index in [-0.39, 0.29) is 12.5 Å². The first kappa shape index (κ1) is 15.6. The third-order valence-corrected chi connectivity index (χ3v) is 3.41. The topological polar surface area (TPSA) is 68.2 Å². The summed E-state index contributed by atoms with van der Waals surface area (Å²) in [5.74, 6) is 1.25. The highest BCUT2D eigenvalue weighted by atomic mass is 16.5. The van der Waals surface area contributed by atoms with E-state index in [2.05, 4.69) is 15.7 Å². The summed E-state index contributed by atoms with van der Waals surface area (Å²) >= 11 is 0. The van der Waals surface area contributed by atoms with Gasteiger partial charge in [0.05, 0.1) is 19.3 Å². The standard InChI is InChI=1S/C18H18N4O2/c1-24-16-9-7-14(8-10-16)20-18(23)13-19-17-11-12-22(21-17)15-5-3-2-4-6-15/h2-12H,13H2,1H3,(H,19,21)(H,20,23). The molecule has 0 aliphatic rings. The molecule has 3 aromatic rings. The molecular weight excluding hydrogens is 304 g/mol. The fourth-order valence-electron chi connectivity index (χ4n) is 2.19. The van der Waals surface area contributed by atoms with Crippen molar-refractivity contribution in [1.29, 1.82) is 0 Å². The average molecular weight is 322 g/mol. The molecule has 0 spiro atoms. The van der Waals surface area contributed by atoms with Crippen molar-refractivity contribution in [1.82, 2.24) is 9.78 Å². The molecule has 1 heterocycles. The molecule has 0 radical (unpaired) electrons. The van der Waals surface area contributed by atoms with Crippen molar-refractivity contribution in [3.05, 3.63) is 66.9 Å². The molecule has 0 fully saturated rings. The minimum atomic E-state index is -0.144. The number of hydrogen-bond acceptors (Lipinski definition) is 4. The van der Waals surface area contributed by atoms with Gasteiger partial charge in [-0.2, -0.15) is 5.10 Å². The smallest absolute Gasteiger partial charge is 0.243 e. The number of ether oxygens (including phenoxy) is 1. The highest BCUT2D eigenvalue weighted by molar-refractivity contribution is 5.93. The van der Waals surface area contributed by atoms with E-state index in [1.807, 2.05) is 42.6 Å². The normalized spacial score (nSPS) is 10.2. The van der Waals surface area contributed by atoms with Crippen molar-refractivity contribution < 1.29 is 9.53 Å². The minimum Gasteiger partial charge on any atom is -0.497 e. The van der Waals surface area contributed by atoms with E-state index in [9.17, 15) is 4.79 Å². The van der Waals surface area contributed by atoms with Gasteiger partial charge in [-0.05, 0) is 36.4 Å². The summed E-state index contributed by atoms with van der Waals surface area (Å²) in [6.07, 6.45) is 1.85. The zero-order valence-electron chi connectivity index (χ0n) is 13.3. The molecule has 0 saturated heterocycles. The molecule has 6 nitrogen and oxygen atoms in total. The number of anilines is 2. The summed E-state index contributed by atoms with van der Waals surface area (Å²) in [5, 5.41) is 10.2. The van der Waals surface area contributed by atoms with Crippen LogP contribution in [0.2, 0.25) is 0 Å². The maximum atomic E-state index is 12.0. The summed E-state index contributed by atoms with van der Waals surface area (Å²) in [6.45, 7) is 0.137. The van der Waals surface area contributed by atoms with Gasteiger partial charge in [-0.25, -0.2) is 4.68 Å². The molecule has 1 amide bonds. The Hall–Kier alpha value is -3.28. The van der Waals surface area contributed by atoms with Gasteiger partial charge >= 0.3 is 0 Å². The summed E-state index contributed by atoms with van der Waals surface area (Å²) in [6, 6.07) is 18.8. The first-order valence-corrected chi connectivity index (χ1v) is 7.53. The molecule has 6 heteroatoms. The van der Waals surface area contributed by atoms with Crippen LogP contribution in [0.25, 0.3) is 5.69 Å². The first-order valence-electron chi connectivity index (χ1n) is 7.53. The Bertz CT molecular complexity index is 797. The average Bonchev–Trinajstić information content (AvgIpc) is 3.10. The Morgan fingerprint density at radius 2 is 1.83 bits per heavy atom. The fraction of sp³-hybridized carbons (Fsp3) is 0.111. The number of para-hydroxylation sites is 1. The van der Waals surface area contributed by atoms with E-state index >= 15 is 0 Å². The quantitative estimate of drug-likeness (QED) is 0.732. The van der Waals surface area contributed by atoms with Crippen LogP contribution in [0.1, 0.15) is 0 Å². The van der Waals surface area contributed by atoms with Gasteiger partial charge in [-0.3, -0.25) is 4.79 Å². The van der Waals surface area contributed by atoms with Gasteiger partial charge in [0.2, 0.25) is 5.91 Å². The number of benzene rings is 2. The van der Waals surface area contributed by atoms with Crippen LogP contribution in [0, 0.1) is 0 Å². The van der Waals surface area contributed by atoms with E-state index in [1.165, 1.54) is 0 Å². The van der Waals surface area contributed by atoms with Crippen LogP contribution in [0.5, 0.6) is 5.75 Å². The van der Waals surface area contributed by atoms with Gasteiger partial charge in [0, 0.05) is 18.0 Å². The molecule has 24 heavy (non-hydrogen) atoms. The first-order chi connectivity index (χ1) is 11.7. The SMILES string of the molecule is COc1ccc(NC(=O)CNc2ccn(-c3ccccc3)n2)cc1. The van der Waals surface area contributed by atoms with Gasteiger partial charge < -0.3 is 15.4 Å². The van der Waals surface area contributed by atoms with Crippen molar-refractivity contribution in [3.8, 4) is 11.4 Å². The number of amides is 1. The maximum absolute atomic E-state index is 12.0. The molecule has 2 aromatic carbocycles. The van der Waals surface area contributed by atoms with Crippen LogP contribution in [0.4, 0.5) is 11.5 Å². The Kier molecular flexibility index (Phi) is 4.76. The van der Waals surface area contributed by atoms with E-state index in [4.69, 9.17) is 4.74 Å². The van der Waals surface area contributed by atoms with Crippen molar-refractivity contribution in [2.24, 2.45) is 0 Å². The lowest BCUT2D eigenvalue weighted by Gasteiger charge is -2.07. The number of methoxy groups -OCH3 is 1. The zero-order valence-corrected chi connectivity index (χ0v) is 13.3. The molecule has 1 aromatic heterocycles. The molecule has 0 aliphatic heterocycles. The molecule has 0 unspecified atom stereocenters. The Labute approximate surface area is 140 Å². The number of nitrogens with one attached hydrogen (secondary N) is 2. The molecule has 2 N–H and O–H groups in total. The molecule has 0 atom stereocenters. The fourth-order valence-corrected chi connectivity index (χ4v) is 2.19. The van der Waals surface area contributed by atoms with E-state index in [1.54, 1.807) is 36.1 Å². The second-order valence-corrected chi connectivity index (χ2v) is 5.11. The largest absolute Gasteiger partial charge is 0.497 e. The zero-order chi connectivity index (χ0) is 16.8. The molecule has 0 saturated carbocycles. The molecule has 0 aliphatic carbocycles. The highest BCUT2D eigenvalue weighted by Gasteiger charge is 2.05. The van der Waals surface area contributed by atoms with E-state index < -0.39 is 0 Å². The van der Waals surface area contributed by atoms with Crippen LogP contribution in [0.15, 0.2) is 66.9 Å². The van der Waals surface area contributed by atoms with Gasteiger partial charge in [0.1, 0.15) is 11.6 Å². The number of carbonyl (C=O) groups is 1. The van der Waals surface area contributed by atoms with E-state index in [0.29, 0.717) is 5.82 Å². The second kappa shape index (κ2) is 7.32. The Morgan fingerprint density at radius 1 is 1.08 bits per heavy atom. The lowest BCUT2D eigenvalue weighted by molar-refractivity contribution is -0.114. The van der Waals surface area contributed by atoms with Gasteiger partial charge in [-0.15, -0.1) is 0 Å². The third-order valence-electron chi connectivity index (χ3n) is 3.41. The molecule has 0 bridgehead atoms. The highest BCUT2D eigenvalue weighted by Crippen LogP contribution is 2.15. The molecule has 122 valence electrons. The van der Waals surface area contributed by atoms with Crippen molar-refractivity contribution in [2.45, 2.75) is 0 Å². The molecular formula is C18H18N4O2. The lowest BCUT2D eigenvalue weighted by atomic mass is 10.3. The van der Waals surface area contributed by atoms with Crippen LogP contribution in [-0.2, 0) is 4.79 Å². The number of carbonyl (C=O) groups excluding carboxylic acids is 1. The predicted molar refractivity (Wildman–Crippen MR) is 93.7 cm³/mol. The summed E-state index contributed by atoms with van der Waals surface area (Å²) in [7, 11) is 1.60. The van der Waals surface area contributed by atoms with Crippen LogP contribution in [0.3, 0.4) is 0 Å². The number of nitrogens with zero attached hydrogens (tertiary/aromatic N) is 2. The monoisotopic (exact) mass is 322 g/mol. The van der Waals surface area contributed by atoms with Gasteiger partial charge in [0.25, 0.3) is 0 Å². The minimum absolute atomic E-state index is 0.137. The lowest BCUT2D eigenvalue weighted by Crippen LogP contribution is -2.21. The molecule has 3 rings (SSSR count). The summed E-state index contributed by atoms with van der Waals surface area (Å²) < 4.78 is 6.84. The summed E-state index contributed by atoms with van der Waals surface area (Å²) in [4.78, 5) is 12.0. The van der Waals surface area contributed by atoms with Crippen LogP contribution < -0.4 is 15.4 Å². The van der Waals surface area contributed by atoms with Crippen molar-refractivity contribution >= 4 is 17.4 Å². The number of aromatic nitrogens is 2. The second-order valence-electron chi connectivity index (χ2n) is 5.11. The maximum Gasteiger partial charge on any atom is 0.243 e. The predicted octanol–water partition coefficient (Wildman–Crippen LogP) is 2.93. The van der Waals surface area contributed by atoms with Crippen molar-refractivity contribution in [3.63, 3.8) is 0 Å². The van der Waals surface area contributed by atoms with Gasteiger partial charge in [-0.1, -0.05) is 18.2 Å². The summed E-state index contributed by atoms with van der Waals surface area (Å²) in [5.41, 5.74) is 1.69. The van der Waals surface area contributed by atoms with Crippen LogP contribution in [-0.4, -0.2) is 29.3 Å². The van der Waals surface area contributed by atoms with Crippen LogP contribution >= 0.6 is 0 Å². The van der Waals surface area contributed by atoms with Crippen molar-refractivity contribution in [2.75, 3.05) is 24.3 Å². The number of hydrogen-bond donors (Lipinski definition) is 2. The Balaban J connectivity index is 1.53. The number of rotatable bonds is 6. The van der Waals surface area contributed by atoms with Gasteiger partial charge in [0.15, 0.2) is 0 Å². The third kappa shape index (κ3) is 3.92. The van der Waals surface area contributed by atoms with E-state index in [0.717, 1.165) is 17.1 Å². The Morgan fingerprint density at radius 3 is 2.54 bits per heavy atom.